The van der Waals surface area contributed by atoms with Crippen LogP contribution >= 0.6 is 15.9 Å². The molecule has 0 saturated heterocycles. The number of nitrogens with zero attached hydrogens (tertiary/aromatic N) is 2. The molecule has 1 heterocycles. The van der Waals surface area contributed by atoms with E-state index in [1.165, 1.54) is 27.8 Å². The fourth-order valence-corrected chi connectivity index (χ4v) is 3.10. The second-order valence-electron chi connectivity index (χ2n) is 5.40. The summed E-state index contributed by atoms with van der Waals surface area (Å²) in [6, 6.07) is 2.24. The van der Waals surface area contributed by atoms with Gasteiger partial charge in [0.1, 0.15) is 16.1 Å². The number of nitrogens with two attached hydrogens (primary N) is 1. The summed E-state index contributed by atoms with van der Waals surface area (Å²) in [6.07, 6.45) is 0.790. The highest BCUT2D eigenvalue weighted by Gasteiger charge is 2.19. The molecule has 0 amide bonds. The molecule has 2 aromatic rings. The third-order valence-corrected chi connectivity index (χ3v) is 5.00. The number of imidazole rings is 1. The Kier molecular flexibility index (Phi) is 4.35. The molecule has 1 aromatic heterocycles. The lowest BCUT2D eigenvalue weighted by Crippen LogP contribution is -2.07. The molecule has 0 spiro atoms. The molecule has 108 valence electrons. The van der Waals surface area contributed by atoms with E-state index in [4.69, 9.17) is 10.7 Å². The van der Waals surface area contributed by atoms with Crippen LogP contribution in [0.3, 0.4) is 0 Å². The molecule has 2 rings (SSSR count). The third-order valence-electron chi connectivity index (χ3n) is 4.09. The highest BCUT2D eigenvalue weighted by atomic mass is 79.9. The van der Waals surface area contributed by atoms with Crippen molar-refractivity contribution in [2.45, 2.75) is 34.1 Å². The van der Waals surface area contributed by atoms with Crippen molar-refractivity contribution in [2.75, 3.05) is 6.54 Å². The summed E-state index contributed by atoms with van der Waals surface area (Å²) in [5, 5.41) is 0. The van der Waals surface area contributed by atoms with Gasteiger partial charge in [0, 0.05) is 19.0 Å². The first kappa shape index (κ1) is 15.3. The Morgan fingerprint density at radius 1 is 1.15 bits per heavy atom. The third kappa shape index (κ3) is 2.42. The number of aryl methyl sites for hydroxylation is 2. The number of rotatable bonds is 3. The Labute approximate surface area is 129 Å². The van der Waals surface area contributed by atoms with Gasteiger partial charge in [0.25, 0.3) is 0 Å². The van der Waals surface area contributed by atoms with Crippen molar-refractivity contribution in [3.63, 3.8) is 0 Å². The number of hydrogen-bond donors (Lipinski definition) is 1. The average molecular weight is 336 g/mol. The highest BCUT2D eigenvalue weighted by Crippen LogP contribution is 2.35. The standard InChI is InChI=1S/C16H22BrN3/c1-9-8-10(2)12(4)14(11(9)3)15-16(17)20(5)13(19-15)6-7-18/h8H,6-7,18H2,1-5H3. The van der Waals surface area contributed by atoms with Gasteiger partial charge in [-0.3, -0.25) is 0 Å². The molecule has 0 unspecified atom stereocenters. The Hall–Kier alpha value is -1.13. The summed E-state index contributed by atoms with van der Waals surface area (Å²) in [4.78, 5) is 4.81. The molecular formula is C16H22BrN3. The molecule has 20 heavy (non-hydrogen) atoms. The van der Waals surface area contributed by atoms with Crippen LogP contribution in [0.2, 0.25) is 0 Å². The minimum atomic E-state index is 0.613. The van der Waals surface area contributed by atoms with Crippen molar-refractivity contribution in [1.82, 2.24) is 9.55 Å². The van der Waals surface area contributed by atoms with Crippen LogP contribution in [0.1, 0.15) is 28.1 Å². The first-order valence-corrected chi connectivity index (χ1v) is 7.66. The molecular weight excluding hydrogens is 314 g/mol. The topological polar surface area (TPSA) is 43.8 Å². The predicted octanol–water partition coefficient (Wildman–Crippen LogP) is 3.58. The normalized spacial score (nSPS) is 11.2. The van der Waals surface area contributed by atoms with Gasteiger partial charge in [-0.15, -0.1) is 0 Å². The van der Waals surface area contributed by atoms with Gasteiger partial charge in [-0.1, -0.05) is 6.07 Å². The van der Waals surface area contributed by atoms with Crippen LogP contribution < -0.4 is 5.73 Å². The molecule has 4 heteroatoms. The molecule has 0 aliphatic heterocycles. The zero-order valence-electron chi connectivity index (χ0n) is 12.8. The van der Waals surface area contributed by atoms with Crippen LogP contribution in [0.4, 0.5) is 0 Å². The van der Waals surface area contributed by atoms with Crippen LogP contribution in [-0.4, -0.2) is 16.1 Å². The zero-order chi connectivity index (χ0) is 15.0. The molecule has 0 atom stereocenters. The SMILES string of the molecule is Cc1cc(C)c(C)c(-c2nc(CCN)n(C)c2Br)c1C. The van der Waals surface area contributed by atoms with Crippen LogP contribution in [-0.2, 0) is 13.5 Å². The molecule has 1 aromatic carbocycles. The van der Waals surface area contributed by atoms with Crippen molar-refractivity contribution < 1.29 is 0 Å². The summed E-state index contributed by atoms with van der Waals surface area (Å²) < 4.78 is 3.11. The van der Waals surface area contributed by atoms with Crippen molar-refractivity contribution >= 4 is 15.9 Å². The van der Waals surface area contributed by atoms with E-state index in [0.717, 1.165) is 22.5 Å². The maximum atomic E-state index is 5.67. The van der Waals surface area contributed by atoms with E-state index in [1.807, 2.05) is 7.05 Å². The van der Waals surface area contributed by atoms with E-state index in [2.05, 4.69) is 54.3 Å². The maximum absolute atomic E-state index is 5.67. The summed E-state index contributed by atoms with van der Waals surface area (Å²) in [7, 11) is 2.03. The fourth-order valence-electron chi connectivity index (χ4n) is 2.61. The molecule has 0 saturated carbocycles. The first-order valence-electron chi connectivity index (χ1n) is 6.87. The lowest BCUT2D eigenvalue weighted by molar-refractivity contribution is 0.767. The Morgan fingerprint density at radius 2 is 1.70 bits per heavy atom. The number of aromatic nitrogens is 2. The molecule has 0 bridgehead atoms. The van der Waals surface area contributed by atoms with Gasteiger partial charge >= 0.3 is 0 Å². The summed E-state index contributed by atoms with van der Waals surface area (Å²) in [5.74, 6) is 1.02. The van der Waals surface area contributed by atoms with Gasteiger partial charge in [0.15, 0.2) is 0 Å². The summed E-state index contributed by atoms with van der Waals surface area (Å²) >= 11 is 3.68. The van der Waals surface area contributed by atoms with E-state index in [0.29, 0.717) is 6.54 Å². The van der Waals surface area contributed by atoms with Gasteiger partial charge in [0.2, 0.25) is 0 Å². The van der Waals surface area contributed by atoms with Crippen molar-refractivity contribution in [1.29, 1.82) is 0 Å². The Balaban J connectivity index is 2.72. The van der Waals surface area contributed by atoms with Crippen molar-refractivity contribution in [2.24, 2.45) is 12.8 Å². The van der Waals surface area contributed by atoms with E-state index in [9.17, 15) is 0 Å². The Morgan fingerprint density at radius 3 is 2.20 bits per heavy atom. The second kappa shape index (κ2) is 5.70. The van der Waals surface area contributed by atoms with Gasteiger partial charge in [-0.2, -0.15) is 0 Å². The quantitative estimate of drug-likeness (QED) is 0.931. The van der Waals surface area contributed by atoms with Crippen LogP contribution in [0.25, 0.3) is 11.3 Å². The number of halogens is 1. The second-order valence-corrected chi connectivity index (χ2v) is 6.15. The average Bonchev–Trinajstić information content (AvgIpc) is 2.66. The summed E-state index contributed by atoms with van der Waals surface area (Å²) in [5.41, 5.74) is 13.1. The van der Waals surface area contributed by atoms with E-state index >= 15 is 0 Å². The van der Waals surface area contributed by atoms with E-state index in [-0.39, 0.29) is 0 Å². The lowest BCUT2D eigenvalue weighted by Gasteiger charge is -2.14. The first-order chi connectivity index (χ1) is 9.38. The number of benzene rings is 1. The Bertz CT molecular complexity index is 630. The minimum absolute atomic E-state index is 0.613. The molecule has 0 radical (unpaired) electrons. The van der Waals surface area contributed by atoms with Gasteiger partial charge in [-0.25, -0.2) is 4.98 Å². The smallest absolute Gasteiger partial charge is 0.112 e. The van der Waals surface area contributed by atoms with E-state index < -0.39 is 0 Å². The maximum Gasteiger partial charge on any atom is 0.112 e. The van der Waals surface area contributed by atoms with Crippen LogP contribution in [0.5, 0.6) is 0 Å². The predicted molar refractivity (Wildman–Crippen MR) is 88.1 cm³/mol. The molecule has 0 aliphatic rings. The van der Waals surface area contributed by atoms with Gasteiger partial charge < -0.3 is 10.3 Å². The van der Waals surface area contributed by atoms with Crippen LogP contribution in [0, 0.1) is 27.7 Å². The largest absolute Gasteiger partial charge is 0.330 e. The highest BCUT2D eigenvalue weighted by molar-refractivity contribution is 9.10. The van der Waals surface area contributed by atoms with Gasteiger partial charge in [0.05, 0.1) is 0 Å². The van der Waals surface area contributed by atoms with E-state index in [1.54, 1.807) is 0 Å². The van der Waals surface area contributed by atoms with Crippen LogP contribution in [0.15, 0.2) is 10.7 Å². The number of hydrogen-bond acceptors (Lipinski definition) is 2. The van der Waals surface area contributed by atoms with Crippen molar-refractivity contribution in [3.8, 4) is 11.3 Å². The minimum Gasteiger partial charge on any atom is -0.330 e. The monoisotopic (exact) mass is 335 g/mol. The fraction of sp³-hybridized carbons (Fsp3) is 0.438. The van der Waals surface area contributed by atoms with Crippen molar-refractivity contribution in [3.05, 3.63) is 38.7 Å². The molecule has 0 aliphatic carbocycles. The van der Waals surface area contributed by atoms with Gasteiger partial charge in [-0.05, 0) is 72.4 Å². The summed E-state index contributed by atoms with van der Waals surface area (Å²) in [6.45, 7) is 9.26. The zero-order valence-corrected chi connectivity index (χ0v) is 14.4. The molecule has 2 N–H and O–H groups in total. The molecule has 3 nitrogen and oxygen atoms in total. The lowest BCUT2D eigenvalue weighted by atomic mass is 9.93. The molecule has 0 fully saturated rings.